The molecule has 1 aliphatic rings. The Hall–Kier alpha value is -2.65. The van der Waals surface area contributed by atoms with Gasteiger partial charge in [-0.1, -0.05) is 18.2 Å². The predicted octanol–water partition coefficient (Wildman–Crippen LogP) is 5.02. The molecule has 0 heterocycles. The lowest BCUT2D eigenvalue weighted by molar-refractivity contribution is -0.154. The van der Waals surface area contributed by atoms with E-state index in [0.29, 0.717) is 12.8 Å². The number of esters is 1. The van der Waals surface area contributed by atoms with Crippen molar-refractivity contribution in [2.24, 2.45) is 0 Å². The Bertz CT molecular complexity index is 989. The Morgan fingerprint density at radius 2 is 1.52 bits per heavy atom. The van der Waals surface area contributed by atoms with Crippen LogP contribution < -0.4 is 14.1 Å². The van der Waals surface area contributed by atoms with Crippen molar-refractivity contribution in [1.29, 1.82) is 0 Å². The Labute approximate surface area is 173 Å². The van der Waals surface area contributed by atoms with Crippen LogP contribution in [0.5, 0.6) is 11.5 Å². The summed E-state index contributed by atoms with van der Waals surface area (Å²) in [5.41, 5.74) is 0. The number of hydrogen-bond donors (Lipinski definition) is 1. The lowest BCUT2D eigenvalue weighted by Gasteiger charge is -2.28. The van der Waals surface area contributed by atoms with Gasteiger partial charge in [0.15, 0.2) is 0 Å². The predicted molar refractivity (Wildman–Crippen MR) is 97.9 cm³/mol. The van der Waals surface area contributed by atoms with E-state index in [2.05, 4.69) is 9.61 Å². The van der Waals surface area contributed by atoms with Crippen molar-refractivity contribution in [3.8, 4) is 11.5 Å². The van der Waals surface area contributed by atoms with Gasteiger partial charge in [0.25, 0.3) is 0 Å². The third-order valence-corrected chi connectivity index (χ3v) is 5.97. The van der Waals surface area contributed by atoms with Crippen LogP contribution in [-0.4, -0.2) is 18.1 Å². The first-order valence-electron chi connectivity index (χ1n) is 9.15. The zero-order valence-electron chi connectivity index (χ0n) is 16.0. The summed E-state index contributed by atoms with van der Waals surface area (Å²) in [5, 5.41) is 2.12. The summed E-state index contributed by atoms with van der Waals surface area (Å²) in [5.74, 6) is -14.5. The average molecular weight is 465 g/mol. The highest BCUT2D eigenvalue weighted by atomic mass is 31.2. The van der Waals surface area contributed by atoms with E-state index in [1.165, 1.54) is 31.2 Å². The Balaban J connectivity index is 1.91. The Kier molecular flexibility index (Phi) is 6.86. The molecule has 0 radical (unpaired) electrons. The largest absolute Gasteiger partial charge is 0.513 e. The minimum atomic E-state index is -4.90. The van der Waals surface area contributed by atoms with Gasteiger partial charge in [0.1, 0.15) is 17.9 Å². The van der Waals surface area contributed by atoms with E-state index in [4.69, 9.17) is 9.26 Å². The zero-order chi connectivity index (χ0) is 22.8. The molecule has 0 spiro atoms. The summed E-state index contributed by atoms with van der Waals surface area (Å²) in [7, 11) is -4.90. The maximum atomic E-state index is 14.1. The molecule has 0 aromatic heterocycles. The molecule has 3 rings (SSSR count). The minimum absolute atomic E-state index is 0.123. The number of para-hydroxylation sites is 1. The van der Waals surface area contributed by atoms with Crippen LogP contribution in [0.2, 0.25) is 0 Å². The van der Waals surface area contributed by atoms with Gasteiger partial charge in [-0.3, -0.25) is 4.79 Å². The fourth-order valence-corrected chi connectivity index (χ4v) is 4.04. The van der Waals surface area contributed by atoms with E-state index in [1.807, 2.05) is 0 Å². The van der Waals surface area contributed by atoms with E-state index >= 15 is 0 Å². The second kappa shape index (κ2) is 9.23. The third-order valence-electron chi connectivity index (χ3n) is 4.39. The summed E-state index contributed by atoms with van der Waals surface area (Å²) >= 11 is 0. The molecule has 1 aliphatic carbocycles. The molecule has 2 aromatic carbocycles. The molecule has 12 heteroatoms. The van der Waals surface area contributed by atoms with E-state index in [0.717, 1.165) is 6.42 Å². The van der Waals surface area contributed by atoms with Crippen molar-refractivity contribution in [2.75, 3.05) is 0 Å². The van der Waals surface area contributed by atoms with Crippen molar-refractivity contribution < 1.29 is 45.1 Å². The molecular weight excluding hydrogens is 448 g/mol. The number of ether oxygens (including phenoxy) is 1. The smallest absolute Gasteiger partial charge is 0.461 e. The molecule has 1 N–H and O–H groups in total. The highest BCUT2D eigenvalue weighted by Crippen LogP contribution is 2.47. The van der Waals surface area contributed by atoms with Crippen LogP contribution in [-0.2, 0) is 14.1 Å². The third kappa shape index (κ3) is 5.16. The van der Waals surface area contributed by atoms with E-state index in [1.54, 1.807) is 6.07 Å². The topological polar surface area (TPSA) is 73.9 Å². The number of carbonyl (C=O) groups excluding carboxylic acids is 1. The maximum Gasteiger partial charge on any atom is 0.513 e. The van der Waals surface area contributed by atoms with Crippen LogP contribution in [0.25, 0.3) is 0 Å². The zero-order valence-corrected chi connectivity index (χ0v) is 16.9. The van der Waals surface area contributed by atoms with Crippen molar-refractivity contribution in [2.45, 2.75) is 38.3 Å². The fraction of sp³-hybridized carbons (Fsp3) is 0.316. The minimum Gasteiger partial charge on any atom is -0.461 e. The molecule has 0 bridgehead atoms. The van der Waals surface area contributed by atoms with Crippen LogP contribution in [0.15, 0.2) is 30.3 Å². The molecular formula is C19H17F5NO5P. The van der Waals surface area contributed by atoms with Crippen LogP contribution >= 0.6 is 7.75 Å². The highest BCUT2D eigenvalue weighted by Gasteiger charge is 2.39. The summed E-state index contributed by atoms with van der Waals surface area (Å²) in [6.07, 6.45) is 1.86. The van der Waals surface area contributed by atoms with Crippen molar-refractivity contribution in [3.63, 3.8) is 0 Å². The van der Waals surface area contributed by atoms with Gasteiger partial charge < -0.3 is 13.8 Å². The Morgan fingerprint density at radius 1 is 0.968 bits per heavy atom. The molecule has 1 fully saturated rings. The Morgan fingerprint density at radius 3 is 2.03 bits per heavy atom. The molecule has 0 aliphatic heterocycles. The lowest BCUT2D eigenvalue weighted by Crippen LogP contribution is -2.39. The quantitative estimate of drug-likeness (QED) is 0.194. The molecule has 0 amide bonds. The average Bonchev–Trinajstić information content (AvgIpc) is 2.71. The van der Waals surface area contributed by atoms with Gasteiger partial charge in [0.05, 0.1) is 0 Å². The molecule has 2 aromatic rings. The summed E-state index contributed by atoms with van der Waals surface area (Å²) < 4.78 is 96.6. The molecule has 2 atom stereocenters. The van der Waals surface area contributed by atoms with Crippen LogP contribution in [0.1, 0.15) is 26.2 Å². The SMILES string of the molecule is C[C@H](N[P@](=O)(Oc1ccccc1)Oc1c(F)c(F)c(F)c(F)c1F)C(=O)OC1CCC1. The van der Waals surface area contributed by atoms with Gasteiger partial charge in [-0.05, 0) is 38.3 Å². The highest BCUT2D eigenvalue weighted by molar-refractivity contribution is 7.52. The number of halogens is 5. The number of benzene rings is 2. The molecule has 1 saturated carbocycles. The van der Waals surface area contributed by atoms with Crippen molar-refractivity contribution in [3.05, 3.63) is 59.4 Å². The number of carbonyl (C=O) groups is 1. The first-order chi connectivity index (χ1) is 14.6. The standard InChI is InChI=1S/C19H17F5NO5P/c1-10(19(26)28-11-8-5-9-11)25-31(27,29-12-6-3-2-4-7-12)30-18-16(23)14(21)13(20)15(22)17(18)24/h2-4,6-7,10-11H,5,8-9H2,1H3,(H,25,27)/t10-,31-/m0/s1. The van der Waals surface area contributed by atoms with Crippen molar-refractivity contribution in [1.82, 2.24) is 5.09 Å². The van der Waals surface area contributed by atoms with E-state index < -0.39 is 54.6 Å². The van der Waals surface area contributed by atoms with Crippen LogP contribution in [0, 0.1) is 29.1 Å². The monoisotopic (exact) mass is 465 g/mol. The van der Waals surface area contributed by atoms with Crippen LogP contribution in [0.4, 0.5) is 22.0 Å². The summed E-state index contributed by atoms with van der Waals surface area (Å²) in [4.78, 5) is 12.2. The number of nitrogens with one attached hydrogen (secondary N) is 1. The second-order valence-electron chi connectivity index (χ2n) is 6.73. The first kappa shape index (κ1) is 23.0. The van der Waals surface area contributed by atoms with Crippen molar-refractivity contribution >= 4 is 13.7 Å². The molecule has 0 saturated heterocycles. The number of rotatable bonds is 8. The van der Waals surface area contributed by atoms with Gasteiger partial charge >= 0.3 is 13.7 Å². The van der Waals surface area contributed by atoms with Gasteiger partial charge in [-0.25, -0.2) is 17.7 Å². The lowest BCUT2D eigenvalue weighted by atomic mass is 9.96. The van der Waals surface area contributed by atoms with E-state index in [-0.39, 0.29) is 11.9 Å². The first-order valence-corrected chi connectivity index (χ1v) is 10.7. The molecule has 31 heavy (non-hydrogen) atoms. The number of hydrogen-bond acceptors (Lipinski definition) is 5. The molecule has 168 valence electrons. The fourth-order valence-electron chi connectivity index (χ4n) is 2.52. The molecule has 6 nitrogen and oxygen atoms in total. The normalized spacial score (nSPS) is 16.7. The van der Waals surface area contributed by atoms with Gasteiger partial charge in [-0.2, -0.15) is 13.9 Å². The summed E-state index contributed by atoms with van der Waals surface area (Å²) in [6, 6.07) is 5.74. The van der Waals surface area contributed by atoms with Gasteiger partial charge in [0.2, 0.25) is 34.8 Å². The van der Waals surface area contributed by atoms with Crippen LogP contribution in [0.3, 0.4) is 0 Å². The van der Waals surface area contributed by atoms with Gasteiger partial charge in [0, 0.05) is 0 Å². The van der Waals surface area contributed by atoms with E-state index in [9.17, 15) is 31.3 Å². The maximum absolute atomic E-state index is 14.1. The second-order valence-corrected chi connectivity index (χ2v) is 8.35. The van der Waals surface area contributed by atoms with Gasteiger partial charge in [-0.15, -0.1) is 0 Å². The molecule has 0 unspecified atom stereocenters. The summed E-state index contributed by atoms with van der Waals surface area (Å²) in [6.45, 7) is 1.21.